The maximum absolute atomic E-state index is 12.4. The number of rotatable bonds is 4. The largest absolute Gasteiger partial charge is 0.317 e. The van der Waals surface area contributed by atoms with Gasteiger partial charge < -0.3 is 5.32 Å². The minimum absolute atomic E-state index is 0.449. The van der Waals surface area contributed by atoms with E-state index in [0.717, 1.165) is 13.1 Å². The topological polar surface area (TPSA) is 12.0 Å². The molecule has 1 nitrogen and oxygen atoms in total. The highest BCUT2D eigenvalue weighted by atomic mass is 32.2. The smallest absolute Gasteiger partial charge is 0.288 e. The van der Waals surface area contributed by atoms with Gasteiger partial charge >= 0.3 is 0 Å². The fourth-order valence-electron chi connectivity index (χ4n) is 2.59. The van der Waals surface area contributed by atoms with Crippen LogP contribution in [0.4, 0.5) is 8.78 Å². The summed E-state index contributed by atoms with van der Waals surface area (Å²) in [7, 11) is 0. The molecule has 1 N–H and O–H groups in total. The Hall–Kier alpha value is -0.610. The average Bonchev–Trinajstić information content (AvgIpc) is 2.38. The number of halogens is 2. The lowest BCUT2D eigenvalue weighted by molar-refractivity contribution is 0.252. The van der Waals surface area contributed by atoms with Gasteiger partial charge in [0.25, 0.3) is 5.76 Å². The molecule has 0 spiro atoms. The van der Waals surface area contributed by atoms with E-state index in [2.05, 4.69) is 18.3 Å². The van der Waals surface area contributed by atoms with Gasteiger partial charge in [0.05, 0.1) is 0 Å². The minimum atomic E-state index is -2.34. The lowest BCUT2D eigenvalue weighted by atomic mass is 9.82. The van der Waals surface area contributed by atoms with Crippen molar-refractivity contribution >= 4 is 11.8 Å². The molecule has 0 aliphatic carbocycles. The summed E-state index contributed by atoms with van der Waals surface area (Å²) < 4.78 is 24.7. The molecular formula is C14H19F2NS. The third-order valence-corrected chi connectivity index (χ3v) is 4.40. The molecule has 1 aliphatic heterocycles. The van der Waals surface area contributed by atoms with Crippen LogP contribution in [0, 0.1) is 5.92 Å². The molecule has 18 heavy (non-hydrogen) atoms. The van der Waals surface area contributed by atoms with Crippen molar-refractivity contribution in [3.8, 4) is 0 Å². The van der Waals surface area contributed by atoms with E-state index in [-0.39, 0.29) is 0 Å². The normalized spacial score (nSPS) is 19.1. The van der Waals surface area contributed by atoms with Crippen molar-refractivity contribution < 1.29 is 8.78 Å². The van der Waals surface area contributed by atoms with Crippen LogP contribution in [0.15, 0.2) is 29.2 Å². The van der Waals surface area contributed by atoms with Gasteiger partial charge in [0.1, 0.15) is 0 Å². The van der Waals surface area contributed by atoms with Gasteiger partial charge in [-0.1, -0.05) is 30.8 Å². The first-order chi connectivity index (χ1) is 8.66. The minimum Gasteiger partial charge on any atom is -0.317 e. The lowest BCUT2D eigenvalue weighted by Crippen LogP contribution is -2.30. The number of thioether (sulfide) groups is 1. The van der Waals surface area contributed by atoms with E-state index in [4.69, 9.17) is 0 Å². The Labute approximate surface area is 111 Å². The molecule has 1 aromatic carbocycles. The number of alkyl halides is 2. The summed E-state index contributed by atoms with van der Waals surface area (Å²) in [5.41, 5.74) is 1.19. The van der Waals surface area contributed by atoms with Crippen LogP contribution in [-0.4, -0.2) is 18.8 Å². The number of benzene rings is 1. The first-order valence-corrected chi connectivity index (χ1v) is 7.30. The fourth-order valence-corrected chi connectivity index (χ4v) is 3.16. The van der Waals surface area contributed by atoms with E-state index in [1.54, 1.807) is 6.07 Å². The summed E-state index contributed by atoms with van der Waals surface area (Å²) in [4.78, 5) is 0.670. The number of hydrogen-bond acceptors (Lipinski definition) is 2. The monoisotopic (exact) mass is 271 g/mol. The van der Waals surface area contributed by atoms with Crippen molar-refractivity contribution in [2.45, 2.75) is 36.3 Å². The Bertz CT molecular complexity index is 378. The summed E-state index contributed by atoms with van der Waals surface area (Å²) in [6.45, 7) is 4.35. The highest BCUT2D eigenvalue weighted by Crippen LogP contribution is 2.33. The van der Waals surface area contributed by atoms with Crippen LogP contribution in [0.1, 0.15) is 31.2 Å². The van der Waals surface area contributed by atoms with Crippen molar-refractivity contribution in [1.82, 2.24) is 5.32 Å². The highest BCUT2D eigenvalue weighted by molar-refractivity contribution is 7.99. The Kier molecular flexibility index (Phi) is 5.01. The van der Waals surface area contributed by atoms with E-state index >= 15 is 0 Å². The Morgan fingerprint density at radius 2 is 2.00 bits per heavy atom. The lowest BCUT2D eigenvalue weighted by Gasteiger charge is -2.28. The van der Waals surface area contributed by atoms with Crippen LogP contribution in [0.5, 0.6) is 0 Å². The zero-order valence-corrected chi connectivity index (χ0v) is 11.4. The molecule has 2 rings (SSSR count). The summed E-state index contributed by atoms with van der Waals surface area (Å²) in [5, 5.41) is 3.36. The first kappa shape index (κ1) is 13.8. The van der Waals surface area contributed by atoms with Crippen molar-refractivity contribution in [3.63, 3.8) is 0 Å². The summed E-state index contributed by atoms with van der Waals surface area (Å²) >= 11 is 0.631. The van der Waals surface area contributed by atoms with E-state index in [9.17, 15) is 8.78 Å². The van der Waals surface area contributed by atoms with E-state index in [1.807, 2.05) is 12.1 Å². The Morgan fingerprint density at radius 3 is 2.67 bits per heavy atom. The molecular weight excluding hydrogens is 252 g/mol. The van der Waals surface area contributed by atoms with Crippen LogP contribution in [0.3, 0.4) is 0 Å². The molecule has 1 aliphatic rings. The Morgan fingerprint density at radius 1 is 1.28 bits per heavy atom. The molecule has 1 heterocycles. The molecule has 0 bridgehead atoms. The molecule has 1 fully saturated rings. The van der Waals surface area contributed by atoms with Crippen molar-refractivity contribution in [2.24, 2.45) is 5.92 Å². The van der Waals surface area contributed by atoms with Crippen LogP contribution < -0.4 is 5.32 Å². The molecule has 1 unspecified atom stereocenters. The third-order valence-electron chi connectivity index (χ3n) is 3.70. The summed E-state index contributed by atoms with van der Waals surface area (Å²) in [5.74, 6) is -1.22. The number of piperidine rings is 1. The van der Waals surface area contributed by atoms with Crippen LogP contribution in [0.25, 0.3) is 0 Å². The van der Waals surface area contributed by atoms with Gasteiger partial charge in [0, 0.05) is 4.90 Å². The SMILES string of the molecule is CC(c1cccc(SC(F)F)c1)C1CCNCC1. The van der Waals surface area contributed by atoms with Crippen molar-refractivity contribution in [1.29, 1.82) is 0 Å². The third kappa shape index (κ3) is 3.69. The molecule has 0 amide bonds. The van der Waals surface area contributed by atoms with Crippen LogP contribution >= 0.6 is 11.8 Å². The summed E-state index contributed by atoms with van der Waals surface area (Å²) in [6, 6.07) is 7.62. The molecule has 0 saturated carbocycles. The van der Waals surface area contributed by atoms with Crippen LogP contribution in [-0.2, 0) is 0 Å². The molecule has 1 atom stereocenters. The van der Waals surface area contributed by atoms with Gasteiger partial charge in [-0.05, 0) is 55.5 Å². The van der Waals surface area contributed by atoms with Gasteiger partial charge in [-0.2, -0.15) is 8.78 Å². The molecule has 1 saturated heterocycles. The van der Waals surface area contributed by atoms with Gasteiger partial charge in [-0.15, -0.1) is 0 Å². The predicted octanol–water partition coefficient (Wildman–Crippen LogP) is 4.10. The standard InChI is InChI=1S/C14H19F2NS/c1-10(11-5-7-17-8-6-11)12-3-2-4-13(9-12)18-14(15)16/h2-4,9-11,14,17H,5-8H2,1H3. The van der Waals surface area contributed by atoms with E-state index < -0.39 is 5.76 Å². The Balaban J connectivity index is 2.06. The maximum atomic E-state index is 12.4. The quantitative estimate of drug-likeness (QED) is 0.827. The predicted molar refractivity (Wildman–Crippen MR) is 72.3 cm³/mol. The fraction of sp³-hybridized carbons (Fsp3) is 0.571. The molecule has 4 heteroatoms. The first-order valence-electron chi connectivity index (χ1n) is 6.42. The number of hydrogen-bond donors (Lipinski definition) is 1. The van der Waals surface area contributed by atoms with Gasteiger partial charge in [0.2, 0.25) is 0 Å². The second kappa shape index (κ2) is 6.53. The second-order valence-electron chi connectivity index (χ2n) is 4.83. The van der Waals surface area contributed by atoms with Crippen molar-refractivity contribution in [3.05, 3.63) is 29.8 Å². The maximum Gasteiger partial charge on any atom is 0.288 e. The zero-order valence-electron chi connectivity index (χ0n) is 10.5. The zero-order chi connectivity index (χ0) is 13.0. The second-order valence-corrected chi connectivity index (χ2v) is 5.89. The molecule has 0 aromatic heterocycles. The van der Waals surface area contributed by atoms with Gasteiger partial charge in [-0.3, -0.25) is 0 Å². The van der Waals surface area contributed by atoms with Crippen molar-refractivity contribution in [2.75, 3.05) is 13.1 Å². The molecule has 1 aromatic rings. The van der Waals surface area contributed by atoms with E-state index in [0.29, 0.717) is 28.5 Å². The average molecular weight is 271 g/mol. The molecule has 100 valence electrons. The number of nitrogens with one attached hydrogen (secondary N) is 1. The van der Waals surface area contributed by atoms with Gasteiger partial charge in [-0.25, -0.2) is 0 Å². The molecule has 0 radical (unpaired) electrons. The highest BCUT2D eigenvalue weighted by Gasteiger charge is 2.21. The van der Waals surface area contributed by atoms with Gasteiger partial charge in [0.15, 0.2) is 0 Å². The van der Waals surface area contributed by atoms with Crippen LogP contribution in [0.2, 0.25) is 0 Å². The summed E-state index contributed by atoms with van der Waals surface area (Å²) in [6.07, 6.45) is 2.35. The van der Waals surface area contributed by atoms with E-state index in [1.165, 1.54) is 18.4 Å².